The highest BCUT2D eigenvalue weighted by Gasteiger charge is 2.30. The van der Waals surface area contributed by atoms with Crippen LogP contribution in [0, 0.1) is 11.6 Å². The molecule has 0 fully saturated rings. The highest BCUT2D eigenvalue weighted by Crippen LogP contribution is 2.42. The van der Waals surface area contributed by atoms with Crippen LogP contribution in [0.2, 0.25) is 0 Å². The number of halogens is 2. The van der Waals surface area contributed by atoms with Crippen molar-refractivity contribution in [1.82, 2.24) is 0 Å². The zero-order chi connectivity index (χ0) is 23.4. The van der Waals surface area contributed by atoms with E-state index in [0.29, 0.717) is 34.7 Å². The molecule has 1 atom stereocenters. The van der Waals surface area contributed by atoms with Crippen LogP contribution < -0.4 is 14.8 Å². The van der Waals surface area contributed by atoms with Gasteiger partial charge in [0, 0.05) is 40.1 Å². The lowest BCUT2D eigenvalue weighted by Crippen LogP contribution is -2.23. The summed E-state index contributed by atoms with van der Waals surface area (Å²) in [5.74, 6) is 1.09. The molecule has 170 valence electrons. The number of nitrogens with one attached hydrogen (secondary N) is 1. The Bertz CT molecular complexity index is 1150. The van der Waals surface area contributed by atoms with Crippen molar-refractivity contribution >= 4 is 28.1 Å². The Labute approximate surface area is 195 Å². The van der Waals surface area contributed by atoms with Crippen molar-refractivity contribution in [2.75, 3.05) is 25.3 Å². The summed E-state index contributed by atoms with van der Waals surface area (Å²) in [6, 6.07) is 16.5. The molecule has 0 spiro atoms. The average molecular weight is 468 g/mol. The van der Waals surface area contributed by atoms with Crippen molar-refractivity contribution in [3.63, 3.8) is 0 Å². The topological polar surface area (TPSA) is 47.6 Å². The zero-order valence-electron chi connectivity index (χ0n) is 18.2. The number of anilines is 1. The number of hydrogen-bond donors (Lipinski definition) is 1. The van der Waals surface area contributed by atoms with Crippen LogP contribution in [-0.2, 0) is 4.79 Å². The van der Waals surface area contributed by atoms with Crippen molar-refractivity contribution in [1.29, 1.82) is 0 Å². The zero-order valence-corrected chi connectivity index (χ0v) is 19.0. The van der Waals surface area contributed by atoms with E-state index in [2.05, 4.69) is 5.32 Å². The number of Topliss-reactive ketones (excluding diaryl/α,β-unsaturated/α-hetero) is 1. The summed E-state index contributed by atoms with van der Waals surface area (Å²) in [5, 5.41) is 3.29. The number of ether oxygens (including phenoxy) is 2. The maximum atomic E-state index is 13.8. The normalized spacial score (nSPS) is 14.2. The molecule has 1 N–H and O–H groups in total. The monoisotopic (exact) mass is 467 g/mol. The number of benzene rings is 3. The van der Waals surface area contributed by atoms with Gasteiger partial charge in [0.15, 0.2) is 5.78 Å². The van der Waals surface area contributed by atoms with E-state index in [1.54, 1.807) is 68.4 Å². The van der Waals surface area contributed by atoms with E-state index < -0.39 is 6.04 Å². The van der Waals surface area contributed by atoms with Gasteiger partial charge < -0.3 is 14.8 Å². The van der Waals surface area contributed by atoms with Crippen LogP contribution in [-0.4, -0.2) is 25.8 Å². The Morgan fingerprint density at radius 3 is 2.06 bits per heavy atom. The number of carbonyl (C=O) groups excluding carboxylic acids is 1. The quantitative estimate of drug-likeness (QED) is 0.424. The second-order valence-corrected chi connectivity index (χ2v) is 8.61. The number of hydrogen-bond acceptors (Lipinski definition) is 5. The van der Waals surface area contributed by atoms with Crippen molar-refractivity contribution in [3.8, 4) is 11.5 Å². The first-order chi connectivity index (χ1) is 16.0. The van der Waals surface area contributed by atoms with Crippen LogP contribution in [0.5, 0.6) is 11.5 Å². The molecule has 0 saturated carbocycles. The van der Waals surface area contributed by atoms with Gasteiger partial charge in [0.25, 0.3) is 0 Å². The first-order valence-electron chi connectivity index (χ1n) is 10.4. The Morgan fingerprint density at radius 1 is 0.909 bits per heavy atom. The second kappa shape index (κ2) is 10.1. The van der Waals surface area contributed by atoms with Crippen LogP contribution in [0.4, 0.5) is 14.5 Å². The predicted molar refractivity (Wildman–Crippen MR) is 128 cm³/mol. The van der Waals surface area contributed by atoms with Crippen molar-refractivity contribution < 1.29 is 23.0 Å². The van der Waals surface area contributed by atoms with E-state index in [1.165, 1.54) is 24.3 Å². The molecule has 1 aliphatic heterocycles. The molecular weight excluding hydrogens is 444 g/mol. The minimum atomic E-state index is -0.758. The lowest BCUT2D eigenvalue weighted by molar-refractivity contribution is -0.116. The van der Waals surface area contributed by atoms with Gasteiger partial charge in [-0.1, -0.05) is 24.3 Å². The predicted octanol–water partition coefficient (Wildman–Crippen LogP) is 6.25. The SMILES string of the molecule is COc1cc(NC(C(=O)C2=C(c3ccc(F)cc3)SCC2)c2ccc(F)cc2)cc(OC)c1. The Kier molecular flexibility index (Phi) is 6.99. The Hall–Kier alpha value is -3.32. The van der Waals surface area contributed by atoms with E-state index in [1.807, 2.05) is 0 Å². The molecule has 4 nitrogen and oxygen atoms in total. The third-order valence-electron chi connectivity index (χ3n) is 5.40. The highest BCUT2D eigenvalue weighted by atomic mass is 32.2. The molecule has 0 radical (unpaired) electrons. The molecule has 3 aromatic carbocycles. The summed E-state index contributed by atoms with van der Waals surface area (Å²) >= 11 is 1.58. The molecule has 0 aliphatic carbocycles. The Balaban J connectivity index is 1.75. The van der Waals surface area contributed by atoms with Crippen LogP contribution in [0.1, 0.15) is 23.6 Å². The molecule has 0 aromatic heterocycles. The first-order valence-corrected chi connectivity index (χ1v) is 11.4. The average Bonchev–Trinajstić information content (AvgIpc) is 3.33. The Morgan fingerprint density at radius 2 is 1.48 bits per heavy atom. The van der Waals surface area contributed by atoms with Crippen molar-refractivity contribution in [2.45, 2.75) is 12.5 Å². The van der Waals surface area contributed by atoms with E-state index in [-0.39, 0.29) is 17.4 Å². The number of methoxy groups -OCH3 is 2. The number of ketones is 1. The van der Waals surface area contributed by atoms with Crippen LogP contribution >= 0.6 is 11.8 Å². The lowest BCUT2D eigenvalue weighted by atomic mass is 9.94. The van der Waals surface area contributed by atoms with Gasteiger partial charge in [0.05, 0.1) is 14.2 Å². The second-order valence-electron chi connectivity index (χ2n) is 7.51. The standard InChI is InChI=1S/C26H23F2NO3S/c1-31-21-13-20(14-22(15-21)32-2)29-24(16-3-7-18(27)8-4-16)25(30)23-11-12-33-26(23)17-5-9-19(28)10-6-17/h3-10,13-15,24,29H,11-12H2,1-2H3. The van der Waals surface area contributed by atoms with E-state index in [4.69, 9.17) is 9.47 Å². The minimum Gasteiger partial charge on any atom is -0.497 e. The fraction of sp³-hybridized carbons (Fsp3) is 0.192. The maximum Gasteiger partial charge on any atom is 0.186 e. The van der Waals surface area contributed by atoms with Gasteiger partial charge in [-0.05, 0) is 41.8 Å². The summed E-state index contributed by atoms with van der Waals surface area (Å²) in [7, 11) is 3.10. The lowest BCUT2D eigenvalue weighted by Gasteiger charge is -2.21. The van der Waals surface area contributed by atoms with Crippen molar-refractivity contribution in [2.24, 2.45) is 0 Å². The summed E-state index contributed by atoms with van der Waals surface area (Å²) in [6.45, 7) is 0. The van der Waals surface area contributed by atoms with E-state index >= 15 is 0 Å². The molecule has 1 unspecified atom stereocenters. The fourth-order valence-electron chi connectivity index (χ4n) is 3.74. The molecule has 3 aromatic rings. The third-order valence-corrected chi connectivity index (χ3v) is 6.58. The largest absolute Gasteiger partial charge is 0.497 e. The van der Waals surface area contributed by atoms with Gasteiger partial charge in [0.1, 0.15) is 29.2 Å². The molecule has 33 heavy (non-hydrogen) atoms. The van der Waals surface area contributed by atoms with E-state index in [0.717, 1.165) is 16.2 Å². The molecule has 7 heteroatoms. The summed E-state index contributed by atoms with van der Waals surface area (Å²) in [5.41, 5.74) is 2.74. The van der Waals surface area contributed by atoms with E-state index in [9.17, 15) is 13.6 Å². The first kappa shape index (κ1) is 22.9. The van der Waals surface area contributed by atoms with Gasteiger partial charge in [0.2, 0.25) is 0 Å². The molecule has 1 aliphatic rings. The fourth-order valence-corrected chi connectivity index (χ4v) is 4.93. The van der Waals surface area contributed by atoms with Crippen LogP contribution in [0.25, 0.3) is 4.91 Å². The smallest absolute Gasteiger partial charge is 0.186 e. The molecular formula is C26H23F2NO3S. The maximum absolute atomic E-state index is 13.8. The molecule has 1 heterocycles. The van der Waals surface area contributed by atoms with Crippen molar-refractivity contribution in [3.05, 3.63) is 95.1 Å². The number of thioether (sulfide) groups is 1. The summed E-state index contributed by atoms with van der Waals surface area (Å²) < 4.78 is 37.7. The van der Waals surface area contributed by atoms with Gasteiger partial charge in [-0.15, -0.1) is 11.8 Å². The van der Waals surface area contributed by atoms with Crippen LogP contribution in [0.3, 0.4) is 0 Å². The van der Waals surface area contributed by atoms with Gasteiger partial charge in [-0.2, -0.15) is 0 Å². The van der Waals surface area contributed by atoms with Gasteiger partial charge in [-0.3, -0.25) is 4.79 Å². The molecule has 0 amide bonds. The highest BCUT2D eigenvalue weighted by molar-refractivity contribution is 8.08. The van der Waals surface area contributed by atoms with Crippen LogP contribution in [0.15, 0.2) is 72.3 Å². The van der Waals surface area contributed by atoms with Gasteiger partial charge in [-0.25, -0.2) is 8.78 Å². The third kappa shape index (κ3) is 5.20. The summed E-state index contributed by atoms with van der Waals surface area (Å²) in [6.07, 6.45) is 0.594. The number of carbonyl (C=O) groups is 1. The minimum absolute atomic E-state index is 0.118. The number of rotatable bonds is 8. The molecule has 0 saturated heterocycles. The molecule has 0 bridgehead atoms. The molecule has 4 rings (SSSR count). The summed E-state index contributed by atoms with van der Waals surface area (Å²) in [4.78, 5) is 14.7. The van der Waals surface area contributed by atoms with Gasteiger partial charge >= 0.3 is 0 Å².